The molecule has 1 aliphatic heterocycles. The fraction of sp³-hybridized carbons (Fsp3) is 0.462. The van der Waals surface area contributed by atoms with Crippen LogP contribution in [0.3, 0.4) is 0 Å². The molecule has 1 fully saturated rings. The lowest BCUT2D eigenvalue weighted by Gasteiger charge is -2.28. The van der Waals surface area contributed by atoms with Crippen molar-refractivity contribution in [2.24, 2.45) is 5.41 Å². The molecule has 1 aliphatic rings. The average molecular weight is 312 g/mol. The Kier molecular flexibility index (Phi) is 3.75. The first kappa shape index (κ1) is 15.4. The molecule has 7 nitrogen and oxygen atoms in total. The van der Waals surface area contributed by atoms with Gasteiger partial charge in [0.15, 0.2) is 11.1 Å². The first-order chi connectivity index (χ1) is 9.71. The maximum absolute atomic E-state index is 12.6. The van der Waals surface area contributed by atoms with E-state index in [2.05, 4.69) is 9.72 Å². The zero-order chi connectivity index (χ0) is 15.8. The standard InChI is InChI=1S/C13H16N2O5S/c1-13(2)8-10(16)15(11(13)12(17)20-3)21(18,19)9-6-4-5-7-14-9/h4-7,11H,8H2,1-3H3/t11-/m1/s1. The third-order valence-electron chi connectivity index (χ3n) is 3.41. The zero-order valence-corrected chi connectivity index (χ0v) is 12.8. The molecule has 0 radical (unpaired) electrons. The quantitative estimate of drug-likeness (QED) is 0.757. The summed E-state index contributed by atoms with van der Waals surface area (Å²) in [6.45, 7) is 3.31. The SMILES string of the molecule is COC(=O)[C@H]1N(S(=O)(=O)c2ccccn2)C(=O)CC1(C)C. The van der Waals surface area contributed by atoms with Gasteiger partial charge < -0.3 is 4.74 Å². The molecule has 1 saturated heterocycles. The molecule has 2 rings (SSSR count). The highest BCUT2D eigenvalue weighted by molar-refractivity contribution is 7.89. The van der Waals surface area contributed by atoms with Gasteiger partial charge in [0.2, 0.25) is 5.91 Å². The van der Waals surface area contributed by atoms with Gasteiger partial charge in [-0.1, -0.05) is 19.9 Å². The van der Waals surface area contributed by atoms with Gasteiger partial charge in [-0.05, 0) is 12.1 Å². The number of sulfonamides is 1. The third-order valence-corrected chi connectivity index (χ3v) is 5.12. The number of methoxy groups -OCH3 is 1. The van der Waals surface area contributed by atoms with E-state index >= 15 is 0 Å². The van der Waals surface area contributed by atoms with Crippen molar-refractivity contribution in [1.82, 2.24) is 9.29 Å². The van der Waals surface area contributed by atoms with E-state index in [1.165, 1.54) is 18.3 Å². The lowest BCUT2D eigenvalue weighted by atomic mass is 9.85. The molecular formula is C13H16N2O5S. The van der Waals surface area contributed by atoms with Crippen molar-refractivity contribution in [1.29, 1.82) is 0 Å². The number of hydrogen-bond acceptors (Lipinski definition) is 6. The molecule has 21 heavy (non-hydrogen) atoms. The number of aromatic nitrogens is 1. The molecule has 114 valence electrons. The Bertz CT molecular complexity index is 669. The van der Waals surface area contributed by atoms with Gasteiger partial charge in [-0.3, -0.25) is 4.79 Å². The molecule has 0 N–H and O–H groups in total. The fourth-order valence-electron chi connectivity index (χ4n) is 2.43. The van der Waals surface area contributed by atoms with Gasteiger partial charge in [-0.25, -0.2) is 14.1 Å². The van der Waals surface area contributed by atoms with E-state index < -0.39 is 33.4 Å². The lowest BCUT2D eigenvalue weighted by molar-refractivity contribution is -0.148. The Balaban J connectivity index is 2.55. The summed E-state index contributed by atoms with van der Waals surface area (Å²) in [7, 11) is -3.03. The first-order valence-electron chi connectivity index (χ1n) is 6.28. The zero-order valence-electron chi connectivity index (χ0n) is 11.9. The molecule has 0 spiro atoms. The average Bonchev–Trinajstić information content (AvgIpc) is 2.68. The third kappa shape index (κ3) is 2.51. The Hall–Kier alpha value is -1.96. The number of pyridine rings is 1. The molecule has 0 aromatic carbocycles. The van der Waals surface area contributed by atoms with Crippen molar-refractivity contribution in [3.8, 4) is 0 Å². The molecule has 1 amide bonds. The Morgan fingerprint density at radius 1 is 1.43 bits per heavy atom. The number of nitrogens with zero attached hydrogens (tertiary/aromatic N) is 2. The van der Waals surface area contributed by atoms with Crippen LogP contribution in [0.4, 0.5) is 0 Å². The highest BCUT2D eigenvalue weighted by Gasteiger charge is 2.55. The molecule has 1 aromatic rings. The second-order valence-corrected chi connectivity index (χ2v) is 7.22. The van der Waals surface area contributed by atoms with Crippen LogP contribution in [-0.4, -0.2) is 42.7 Å². The molecule has 0 saturated carbocycles. The summed E-state index contributed by atoms with van der Waals surface area (Å²) >= 11 is 0. The second-order valence-electron chi connectivity index (χ2n) is 5.45. The van der Waals surface area contributed by atoms with Gasteiger partial charge in [-0.15, -0.1) is 0 Å². The van der Waals surface area contributed by atoms with Crippen LogP contribution in [0.2, 0.25) is 0 Å². The second kappa shape index (κ2) is 5.10. The predicted molar refractivity (Wildman–Crippen MR) is 72.5 cm³/mol. The van der Waals surface area contributed by atoms with Crippen LogP contribution >= 0.6 is 0 Å². The van der Waals surface area contributed by atoms with E-state index in [0.29, 0.717) is 4.31 Å². The van der Waals surface area contributed by atoms with Crippen molar-refractivity contribution in [2.45, 2.75) is 31.3 Å². The summed E-state index contributed by atoms with van der Waals surface area (Å²) in [5, 5.41) is -0.273. The number of carbonyl (C=O) groups is 2. The number of hydrogen-bond donors (Lipinski definition) is 0. The lowest BCUT2D eigenvalue weighted by Crippen LogP contribution is -2.48. The normalized spacial score (nSPS) is 21.4. The van der Waals surface area contributed by atoms with Gasteiger partial charge in [0, 0.05) is 18.0 Å². The Morgan fingerprint density at radius 2 is 2.10 bits per heavy atom. The number of rotatable bonds is 3. The smallest absolute Gasteiger partial charge is 0.330 e. The number of ether oxygens (including phenoxy) is 1. The van der Waals surface area contributed by atoms with Gasteiger partial charge in [0.05, 0.1) is 7.11 Å². The number of amides is 1. The van der Waals surface area contributed by atoms with E-state index in [0.717, 1.165) is 7.11 Å². The predicted octanol–water partition coefficient (Wildman–Crippen LogP) is 0.570. The molecule has 1 atom stereocenters. The minimum Gasteiger partial charge on any atom is -0.467 e. The summed E-state index contributed by atoms with van der Waals surface area (Å²) in [6, 6.07) is 3.15. The molecule has 2 heterocycles. The van der Waals surface area contributed by atoms with Crippen LogP contribution in [0.1, 0.15) is 20.3 Å². The topological polar surface area (TPSA) is 93.6 Å². The minimum atomic E-state index is -4.19. The number of esters is 1. The Morgan fingerprint density at radius 3 is 2.62 bits per heavy atom. The van der Waals surface area contributed by atoms with E-state index in [9.17, 15) is 18.0 Å². The molecule has 1 aromatic heterocycles. The summed E-state index contributed by atoms with van der Waals surface area (Å²) in [6.07, 6.45) is 1.25. The molecule has 0 bridgehead atoms. The maximum Gasteiger partial charge on any atom is 0.330 e. The van der Waals surface area contributed by atoms with Crippen LogP contribution in [0, 0.1) is 5.41 Å². The highest BCUT2D eigenvalue weighted by atomic mass is 32.2. The first-order valence-corrected chi connectivity index (χ1v) is 7.72. The van der Waals surface area contributed by atoms with Crippen molar-refractivity contribution >= 4 is 21.9 Å². The van der Waals surface area contributed by atoms with Crippen molar-refractivity contribution in [3.05, 3.63) is 24.4 Å². The van der Waals surface area contributed by atoms with Crippen molar-refractivity contribution < 1.29 is 22.7 Å². The summed E-state index contributed by atoms with van der Waals surface area (Å²) in [5.74, 6) is -1.40. The number of carbonyl (C=O) groups excluding carboxylic acids is 2. The van der Waals surface area contributed by atoms with E-state index in [-0.39, 0.29) is 11.4 Å². The summed E-state index contributed by atoms with van der Waals surface area (Å²) in [5.41, 5.74) is -0.841. The molecule has 0 aliphatic carbocycles. The summed E-state index contributed by atoms with van der Waals surface area (Å²) < 4.78 is 30.5. The highest BCUT2D eigenvalue weighted by Crippen LogP contribution is 2.40. The minimum absolute atomic E-state index is 0.0567. The van der Waals surface area contributed by atoms with Crippen LogP contribution in [-0.2, 0) is 24.3 Å². The van der Waals surface area contributed by atoms with Crippen molar-refractivity contribution in [2.75, 3.05) is 7.11 Å². The van der Waals surface area contributed by atoms with E-state index in [1.54, 1.807) is 19.9 Å². The Labute approximate surface area is 123 Å². The summed E-state index contributed by atoms with van der Waals surface area (Å²) in [4.78, 5) is 27.9. The monoisotopic (exact) mass is 312 g/mol. The van der Waals surface area contributed by atoms with E-state index in [1.807, 2.05) is 0 Å². The van der Waals surface area contributed by atoms with Gasteiger partial charge in [0.25, 0.3) is 10.0 Å². The maximum atomic E-state index is 12.6. The molecule has 0 unspecified atom stereocenters. The van der Waals surface area contributed by atoms with Gasteiger partial charge >= 0.3 is 5.97 Å². The van der Waals surface area contributed by atoms with Gasteiger partial charge in [0.1, 0.15) is 0 Å². The largest absolute Gasteiger partial charge is 0.467 e. The molecule has 8 heteroatoms. The van der Waals surface area contributed by atoms with Crippen LogP contribution < -0.4 is 0 Å². The van der Waals surface area contributed by atoms with Gasteiger partial charge in [-0.2, -0.15) is 8.42 Å². The van der Waals surface area contributed by atoms with Crippen LogP contribution in [0.15, 0.2) is 29.4 Å². The van der Waals surface area contributed by atoms with Crippen molar-refractivity contribution in [3.63, 3.8) is 0 Å². The fourth-order valence-corrected chi connectivity index (χ4v) is 4.05. The molecular weight excluding hydrogens is 296 g/mol. The van der Waals surface area contributed by atoms with E-state index in [4.69, 9.17) is 0 Å². The van der Waals surface area contributed by atoms with Crippen LogP contribution in [0.25, 0.3) is 0 Å². The van der Waals surface area contributed by atoms with Crippen LogP contribution in [0.5, 0.6) is 0 Å².